The number of ether oxygens (including phenoxy) is 1. The highest BCUT2D eigenvalue weighted by molar-refractivity contribution is 7.89. The molecular formula is C25H31N3O5S. The number of hydrogen-bond donors (Lipinski definition) is 2. The van der Waals surface area contributed by atoms with Crippen LogP contribution in [0.5, 0.6) is 5.75 Å². The van der Waals surface area contributed by atoms with Crippen LogP contribution in [0.15, 0.2) is 53.4 Å². The second-order valence-corrected chi connectivity index (χ2v) is 10.5. The Morgan fingerprint density at radius 1 is 1.00 bits per heavy atom. The molecule has 182 valence electrons. The maximum atomic E-state index is 12.9. The standard InChI is InChI=1S/C25H31N3O5S/c1-2-33-22-11-13-23(14-12-22)34(31,32)26-16-15-24(29)28(21-9-10-21)17-18-3-5-19(6-4-18)25(30)27-20-7-8-20/h3-6,11-14,20-21,26H,2,7-10,15-17H2,1H3,(H,27,30). The van der Waals surface area contributed by atoms with Crippen LogP contribution >= 0.6 is 0 Å². The highest BCUT2D eigenvalue weighted by Crippen LogP contribution is 2.29. The molecule has 0 unspecified atom stereocenters. The number of rotatable bonds is 12. The first-order valence-corrected chi connectivity index (χ1v) is 13.3. The average Bonchev–Trinajstić information content (AvgIpc) is 3.74. The van der Waals surface area contributed by atoms with Gasteiger partial charge in [-0.25, -0.2) is 13.1 Å². The molecule has 2 aliphatic carbocycles. The van der Waals surface area contributed by atoms with Crippen molar-refractivity contribution >= 4 is 21.8 Å². The molecule has 0 saturated heterocycles. The van der Waals surface area contributed by atoms with Gasteiger partial charge in [-0.1, -0.05) is 12.1 Å². The third kappa shape index (κ3) is 6.57. The van der Waals surface area contributed by atoms with E-state index in [4.69, 9.17) is 4.74 Å². The summed E-state index contributed by atoms with van der Waals surface area (Å²) in [7, 11) is -3.71. The fourth-order valence-corrected chi connectivity index (χ4v) is 4.69. The molecule has 8 nitrogen and oxygen atoms in total. The van der Waals surface area contributed by atoms with Crippen molar-refractivity contribution in [3.05, 3.63) is 59.7 Å². The molecule has 2 amide bonds. The zero-order valence-electron chi connectivity index (χ0n) is 19.3. The van der Waals surface area contributed by atoms with Gasteiger partial charge in [-0.3, -0.25) is 9.59 Å². The zero-order chi connectivity index (χ0) is 24.1. The Labute approximate surface area is 200 Å². The van der Waals surface area contributed by atoms with Gasteiger partial charge in [-0.05, 0) is 74.6 Å². The molecule has 2 aromatic carbocycles. The molecule has 0 heterocycles. The lowest BCUT2D eigenvalue weighted by molar-refractivity contribution is -0.132. The van der Waals surface area contributed by atoms with Gasteiger partial charge in [0.15, 0.2) is 0 Å². The Morgan fingerprint density at radius 3 is 2.26 bits per heavy atom. The topological polar surface area (TPSA) is 105 Å². The Balaban J connectivity index is 1.29. The highest BCUT2D eigenvalue weighted by Gasteiger charge is 2.32. The third-order valence-electron chi connectivity index (χ3n) is 5.87. The van der Waals surface area contributed by atoms with Gasteiger partial charge in [0.2, 0.25) is 15.9 Å². The predicted octanol–water partition coefficient (Wildman–Crippen LogP) is 2.84. The number of carbonyl (C=O) groups excluding carboxylic acids is 2. The quantitative estimate of drug-likeness (QED) is 0.481. The lowest BCUT2D eigenvalue weighted by Crippen LogP contribution is -2.35. The molecule has 0 bridgehead atoms. The van der Waals surface area contributed by atoms with Crippen LogP contribution in [0.25, 0.3) is 0 Å². The van der Waals surface area contributed by atoms with Gasteiger partial charge in [-0.2, -0.15) is 0 Å². The average molecular weight is 486 g/mol. The Bertz CT molecular complexity index is 1110. The molecule has 9 heteroatoms. The second-order valence-electron chi connectivity index (χ2n) is 8.75. The fraction of sp³-hybridized carbons (Fsp3) is 0.440. The number of hydrogen-bond acceptors (Lipinski definition) is 5. The molecule has 0 aliphatic heterocycles. The van der Waals surface area contributed by atoms with E-state index in [1.165, 1.54) is 12.1 Å². The number of nitrogens with zero attached hydrogens (tertiary/aromatic N) is 1. The van der Waals surface area contributed by atoms with E-state index in [0.717, 1.165) is 31.2 Å². The molecule has 2 aliphatic rings. The van der Waals surface area contributed by atoms with Crippen LogP contribution in [0.4, 0.5) is 0 Å². The van der Waals surface area contributed by atoms with Crippen molar-refractivity contribution in [1.82, 2.24) is 14.9 Å². The lowest BCUT2D eigenvalue weighted by Gasteiger charge is -2.23. The van der Waals surface area contributed by atoms with Crippen molar-refractivity contribution in [1.29, 1.82) is 0 Å². The Hall–Kier alpha value is -2.91. The number of benzene rings is 2. The van der Waals surface area contributed by atoms with Gasteiger partial charge in [-0.15, -0.1) is 0 Å². The van der Waals surface area contributed by atoms with Gasteiger partial charge < -0.3 is 15.0 Å². The summed E-state index contributed by atoms with van der Waals surface area (Å²) in [4.78, 5) is 27.0. The van der Waals surface area contributed by atoms with Gasteiger partial charge in [0.1, 0.15) is 5.75 Å². The van der Waals surface area contributed by atoms with Crippen LogP contribution in [0.3, 0.4) is 0 Å². The maximum absolute atomic E-state index is 12.9. The van der Waals surface area contributed by atoms with E-state index in [1.54, 1.807) is 24.3 Å². The van der Waals surface area contributed by atoms with Crippen LogP contribution < -0.4 is 14.8 Å². The van der Waals surface area contributed by atoms with E-state index in [0.29, 0.717) is 30.5 Å². The fourth-order valence-electron chi connectivity index (χ4n) is 3.66. The summed E-state index contributed by atoms with van der Waals surface area (Å²) < 4.78 is 32.9. The smallest absolute Gasteiger partial charge is 0.251 e. The minimum atomic E-state index is -3.71. The molecule has 0 atom stereocenters. The summed E-state index contributed by atoms with van der Waals surface area (Å²) in [6.07, 6.45) is 4.06. The van der Waals surface area contributed by atoms with Crippen LogP contribution in [-0.4, -0.2) is 50.4 Å². The molecule has 0 aromatic heterocycles. The summed E-state index contributed by atoms with van der Waals surface area (Å²) in [5.74, 6) is 0.449. The summed E-state index contributed by atoms with van der Waals surface area (Å²) >= 11 is 0. The molecule has 0 spiro atoms. The number of sulfonamides is 1. The minimum Gasteiger partial charge on any atom is -0.494 e. The van der Waals surface area contributed by atoms with Gasteiger partial charge in [0.05, 0.1) is 11.5 Å². The first kappa shape index (κ1) is 24.2. The summed E-state index contributed by atoms with van der Waals surface area (Å²) in [6, 6.07) is 14.0. The van der Waals surface area contributed by atoms with Gasteiger partial charge in [0, 0.05) is 37.2 Å². The Kier molecular flexibility index (Phi) is 7.53. The summed E-state index contributed by atoms with van der Waals surface area (Å²) in [6.45, 7) is 2.83. The van der Waals surface area contributed by atoms with E-state index < -0.39 is 10.0 Å². The van der Waals surface area contributed by atoms with E-state index >= 15 is 0 Å². The Morgan fingerprint density at radius 2 is 1.68 bits per heavy atom. The van der Waals surface area contributed by atoms with Crippen LogP contribution in [0.1, 0.15) is 54.9 Å². The monoisotopic (exact) mass is 485 g/mol. The van der Waals surface area contributed by atoms with E-state index in [2.05, 4.69) is 10.0 Å². The van der Waals surface area contributed by atoms with Crippen LogP contribution in [0, 0.1) is 0 Å². The van der Waals surface area contributed by atoms with Gasteiger partial charge in [0.25, 0.3) is 5.91 Å². The maximum Gasteiger partial charge on any atom is 0.251 e. The molecule has 2 N–H and O–H groups in total. The van der Waals surface area contributed by atoms with E-state index in [1.807, 2.05) is 24.0 Å². The molecule has 0 radical (unpaired) electrons. The molecule has 2 fully saturated rings. The first-order chi connectivity index (χ1) is 16.4. The zero-order valence-corrected chi connectivity index (χ0v) is 20.1. The van der Waals surface area contributed by atoms with Crippen molar-refractivity contribution in [2.24, 2.45) is 0 Å². The van der Waals surface area contributed by atoms with Crippen LogP contribution in [0.2, 0.25) is 0 Å². The largest absolute Gasteiger partial charge is 0.494 e. The molecule has 4 rings (SSSR count). The molecular weight excluding hydrogens is 454 g/mol. The molecule has 34 heavy (non-hydrogen) atoms. The third-order valence-corrected chi connectivity index (χ3v) is 7.34. The summed E-state index contributed by atoms with van der Waals surface area (Å²) in [5.41, 5.74) is 1.56. The number of amides is 2. The van der Waals surface area contributed by atoms with Gasteiger partial charge >= 0.3 is 0 Å². The minimum absolute atomic E-state index is 0.0257. The van der Waals surface area contributed by atoms with E-state index in [9.17, 15) is 18.0 Å². The number of nitrogens with one attached hydrogen (secondary N) is 2. The lowest BCUT2D eigenvalue weighted by atomic mass is 10.1. The van der Waals surface area contributed by atoms with Crippen molar-refractivity contribution in [3.63, 3.8) is 0 Å². The van der Waals surface area contributed by atoms with Crippen LogP contribution in [-0.2, 0) is 21.4 Å². The second kappa shape index (κ2) is 10.6. The normalized spacial score (nSPS) is 15.6. The van der Waals surface area contributed by atoms with Crippen molar-refractivity contribution in [2.75, 3.05) is 13.2 Å². The predicted molar refractivity (Wildman–Crippen MR) is 128 cm³/mol. The van der Waals surface area contributed by atoms with E-state index in [-0.39, 0.29) is 35.7 Å². The summed E-state index contributed by atoms with van der Waals surface area (Å²) in [5, 5.41) is 2.97. The first-order valence-electron chi connectivity index (χ1n) is 11.8. The molecule has 2 aromatic rings. The number of carbonyl (C=O) groups is 2. The van der Waals surface area contributed by atoms with Crippen molar-refractivity contribution in [3.8, 4) is 5.75 Å². The highest BCUT2D eigenvalue weighted by atomic mass is 32.2. The molecule has 2 saturated carbocycles. The SMILES string of the molecule is CCOc1ccc(S(=O)(=O)NCCC(=O)N(Cc2ccc(C(=O)NC3CC3)cc2)C2CC2)cc1. The van der Waals surface area contributed by atoms with Crippen molar-refractivity contribution in [2.45, 2.75) is 62.6 Å². The van der Waals surface area contributed by atoms with Crippen molar-refractivity contribution < 1.29 is 22.7 Å².